The van der Waals surface area contributed by atoms with Gasteiger partial charge in [-0.25, -0.2) is 0 Å². The molecule has 0 N–H and O–H groups in total. The lowest BCUT2D eigenvalue weighted by molar-refractivity contribution is 0.171. The summed E-state index contributed by atoms with van der Waals surface area (Å²) in [5.74, 6) is 2.34. The number of hydrogen-bond donors (Lipinski definition) is 0. The largest absolute Gasteiger partial charge is 0.486 e. The molecular formula is C12H13ClO2. The molecule has 1 atom stereocenters. The second-order valence-corrected chi connectivity index (χ2v) is 4.61. The Labute approximate surface area is 94.1 Å². The molecule has 3 rings (SSSR count). The normalized spacial score (nSPS) is 21.1. The van der Waals surface area contributed by atoms with Gasteiger partial charge in [-0.2, -0.15) is 0 Å². The van der Waals surface area contributed by atoms with Crippen LogP contribution in [0.25, 0.3) is 0 Å². The Balaban J connectivity index is 1.89. The molecule has 0 aromatic heterocycles. The molecule has 1 fully saturated rings. The molecule has 1 aromatic rings. The summed E-state index contributed by atoms with van der Waals surface area (Å²) in [5.41, 5.74) is 1.16. The Kier molecular flexibility index (Phi) is 2.24. The molecule has 0 spiro atoms. The summed E-state index contributed by atoms with van der Waals surface area (Å²) in [6.07, 6.45) is 2.51. The first-order valence-electron chi connectivity index (χ1n) is 5.38. The lowest BCUT2D eigenvalue weighted by Gasteiger charge is -2.19. The topological polar surface area (TPSA) is 18.5 Å². The highest BCUT2D eigenvalue weighted by Crippen LogP contribution is 2.46. The average Bonchev–Trinajstić information content (AvgIpc) is 3.11. The van der Waals surface area contributed by atoms with Crippen LogP contribution in [0.15, 0.2) is 18.2 Å². The first-order valence-corrected chi connectivity index (χ1v) is 5.82. The van der Waals surface area contributed by atoms with Crippen LogP contribution in [0.4, 0.5) is 0 Å². The smallest absolute Gasteiger partial charge is 0.161 e. The van der Waals surface area contributed by atoms with Crippen molar-refractivity contribution >= 4 is 11.6 Å². The van der Waals surface area contributed by atoms with Crippen LogP contribution in [0.1, 0.15) is 23.8 Å². The van der Waals surface area contributed by atoms with Gasteiger partial charge in [0.15, 0.2) is 11.5 Å². The van der Waals surface area contributed by atoms with E-state index in [4.69, 9.17) is 21.1 Å². The second kappa shape index (κ2) is 3.60. The van der Waals surface area contributed by atoms with Gasteiger partial charge in [-0.3, -0.25) is 0 Å². The second-order valence-electron chi connectivity index (χ2n) is 4.14. The molecule has 1 unspecified atom stereocenters. The van der Waals surface area contributed by atoms with E-state index in [1.54, 1.807) is 0 Å². The van der Waals surface area contributed by atoms with Crippen molar-refractivity contribution in [3.63, 3.8) is 0 Å². The maximum absolute atomic E-state index is 6.35. The molecule has 0 radical (unpaired) electrons. The van der Waals surface area contributed by atoms with Crippen molar-refractivity contribution in [1.29, 1.82) is 0 Å². The standard InChI is InChI=1S/C12H13ClO2/c13-12(8-1-2-8)9-3-4-10-11(7-9)15-6-5-14-10/h3-4,7-8,12H,1-2,5-6H2. The Morgan fingerprint density at radius 3 is 2.60 bits per heavy atom. The van der Waals surface area contributed by atoms with Gasteiger partial charge in [0, 0.05) is 0 Å². The molecule has 1 saturated carbocycles. The number of alkyl halides is 1. The van der Waals surface area contributed by atoms with Gasteiger partial charge in [-0.15, -0.1) is 11.6 Å². The molecule has 2 nitrogen and oxygen atoms in total. The monoisotopic (exact) mass is 224 g/mol. The maximum Gasteiger partial charge on any atom is 0.161 e. The van der Waals surface area contributed by atoms with Crippen LogP contribution in [0.2, 0.25) is 0 Å². The van der Waals surface area contributed by atoms with Crippen molar-refractivity contribution in [3.8, 4) is 11.5 Å². The summed E-state index contributed by atoms with van der Waals surface area (Å²) < 4.78 is 11.0. The van der Waals surface area contributed by atoms with Gasteiger partial charge in [-0.1, -0.05) is 6.07 Å². The zero-order valence-electron chi connectivity index (χ0n) is 8.41. The van der Waals surface area contributed by atoms with Gasteiger partial charge in [0.25, 0.3) is 0 Å². The van der Waals surface area contributed by atoms with Crippen LogP contribution in [0, 0.1) is 5.92 Å². The zero-order valence-corrected chi connectivity index (χ0v) is 9.17. The third kappa shape index (κ3) is 1.78. The predicted octanol–water partition coefficient (Wildman–Crippen LogP) is 3.15. The van der Waals surface area contributed by atoms with Crippen molar-refractivity contribution in [2.24, 2.45) is 5.92 Å². The van der Waals surface area contributed by atoms with Gasteiger partial charge in [-0.05, 0) is 36.5 Å². The summed E-state index contributed by atoms with van der Waals surface area (Å²) in [6, 6.07) is 6.02. The fourth-order valence-corrected chi connectivity index (χ4v) is 2.28. The summed E-state index contributed by atoms with van der Waals surface area (Å²) in [4.78, 5) is 0. The Morgan fingerprint density at radius 1 is 1.13 bits per heavy atom. The molecule has 0 saturated heterocycles. The number of fused-ring (bicyclic) bond motifs is 1. The highest BCUT2D eigenvalue weighted by atomic mass is 35.5. The molecule has 0 amide bonds. The number of halogens is 1. The fourth-order valence-electron chi connectivity index (χ4n) is 1.89. The first kappa shape index (κ1) is 9.34. The predicted molar refractivity (Wildman–Crippen MR) is 58.8 cm³/mol. The van der Waals surface area contributed by atoms with Crippen LogP contribution in [-0.4, -0.2) is 13.2 Å². The van der Waals surface area contributed by atoms with Gasteiger partial charge in [0.1, 0.15) is 13.2 Å². The molecule has 15 heavy (non-hydrogen) atoms. The highest BCUT2D eigenvalue weighted by molar-refractivity contribution is 6.21. The molecule has 0 bridgehead atoms. The van der Waals surface area contributed by atoms with Crippen molar-refractivity contribution in [2.75, 3.05) is 13.2 Å². The zero-order chi connectivity index (χ0) is 10.3. The minimum atomic E-state index is 0.140. The highest BCUT2D eigenvalue weighted by Gasteiger charge is 2.31. The first-order chi connectivity index (χ1) is 7.34. The van der Waals surface area contributed by atoms with Crippen LogP contribution >= 0.6 is 11.6 Å². The number of rotatable bonds is 2. The van der Waals surface area contributed by atoms with Crippen LogP contribution in [0.3, 0.4) is 0 Å². The van der Waals surface area contributed by atoms with E-state index in [-0.39, 0.29) is 5.38 Å². The van der Waals surface area contributed by atoms with E-state index in [2.05, 4.69) is 0 Å². The Morgan fingerprint density at radius 2 is 1.87 bits per heavy atom. The van der Waals surface area contributed by atoms with E-state index in [1.807, 2.05) is 18.2 Å². The molecule has 1 aliphatic carbocycles. The van der Waals surface area contributed by atoms with Crippen LogP contribution in [-0.2, 0) is 0 Å². The minimum Gasteiger partial charge on any atom is -0.486 e. The van der Waals surface area contributed by atoms with Crippen molar-refractivity contribution in [3.05, 3.63) is 23.8 Å². The third-order valence-electron chi connectivity index (χ3n) is 2.92. The Bertz CT molecular complexity index is 374. The number of hydrogen-bond acceptors (Lipinski definition) is 2. The average molecular weight is 225 g/mol. The SMILES string of the molecule is ClC(c1ccc2c(c1)OCCO2)C1CC1. The van der Waals surface area contributed by atoms with E-state index in [0.29, 0.717) is 19.1 Å². The molecule has 80 valence electrons. The molecule has 2 aliphatic rings. The van der Waals surface area contributed by atoms with Gasteiger partial charge >= 0.3 is 0 Å². The van der Waals surface area contributed by atoms with Crippen molar-refractivity contribution in [2.45, 2.75) is 18.2 Å². The maximum atomic E-state index is 6.35. The molecular weight excluding hydrogens is 212 g/mol. The summed E-state index contributed by atoms with van der Waals surface area (Å²) >= 11 is 6.35. The third-order valence-corrected chi connectivity index (χ3v) is 3.53. The van der Waals surface area contributed by atoms with Crippen LogP contribution < -0.4 is 9.47 Å². The lowest BCUT2D eigenvalue weighted by atomic mass is 10.1. The van der Waals surface area contributed by atoms with E-state index in [1.165, 1.54) is 12.8 Å². The van der Waals surface area contributed by atoms with E-state index in [0.717, 1.165) is 17.1 Å². The van der Waals surface area contributed by atoms with Gasteiger partial charge < -0.3 is 9.47 Å². The van der Waals surface area contributed by atoms with Gasteiger partial charge in [0.2, 0.25) is 0 Å². The number of benzene rings is 1. The summed E-state index contributed by atoms with van der Waals surface area (Å²) in [7, 11) is 0. The molecule has 1 aliphatic heterocycles. The summed E-state index contributed by atoms with van der Waals surface area (Å²) in [6.45, 7) is 1.27. The van der Waals surface area contributed by atoms with E-state index >= 15 is 0 Å². The van der Waals surface area contributed by atoms with Crippen molar-refractivity contribution < 1.29 is 9.47 Å². The fraction of sp³-hybridized carbons (Fsp3) is 0.500. The minimum absolute atomic E-state index is 0.140. The lowest BCUT2D eigenvalue weighted by Crippen LogP contribution is -2.15. The molecule has 3 heteroatoms. The van der Waals surface area contributed by atoms with E-state index in [9.17, 15) is 0 Å². The molecule has 1 heterocycles. The number of ether oxygens (including phenoxy) is 2. The summed E-state index contributed by atoms with van der Waals surface area (Å²) in [5, 5.41) is 0.140. The molecule has 1 aromatic carbocycles. The van der Waals surface area contributed by atoms with Crippen LogP contribution in [0.5, 0.6) is 11.5 Å². The Hall–Kier alpha value is -0.890. The quantitative estimate of drug-likeness (QED) is 0.719. The van der Waals surface area contributed by atoms with Gasteiger partial charge in [0.05, 0.1) is 5.38 Å². The van der Waals surface area contributed by atoms with Crippen molar-refractivity contribution in [1.82, 2.24) is 0 Å². The van der Waals surface area contributed by atoms with E-state index < -0.39 is 0 Å².